The second-order valence-corrected chi connectivity index (χ2v) is 11.0. The van der Waals surface area contributed by atoms with Gasteiger partial charge in [-0.15, -0.1) is 0 Å². The lowest BCUT2D eigenvalue weighted by molar-refractivity contribution is -0.142. The number of likely N-dealkylation sites (N-methyl/N-ethyl adjacent to an activating group) is 3. The van der Waals surface area contributed by atoms with Crippen LogP contribution in [0.1, 0.15) is 40.0 Å². The molecule has 3 amide bonds. The summed E-state index contributed by atoms with van der Waals surface area (Å²) in [6.45, 7) is 1.84. The number of amides is 3. The van der Waals surface area contributed by atoms with Crippen LogP contribution in [0, 0.1) is 5.82 Å². The quantitative estimate of drug-likeness (QED) is 0.255. The van der Waals surface area contributed by atoms with Gasteiger partial charge in [0, 0.05) is 45.6 Å². The van der Waals surface area contributed by atoms with Crippen LogP contribution in [0.2, 0.25) is 0 Å². The van der Waals surface area contributed by atoms with Crippen LogP contribution in [0.3, 0.4) is 0 Å². The molecule has 4 rings (SSSR count). The average Bonchev–Trinajstić information content (AvgIpc) is 3.06. The predicted molar refractivity (Wildman–Crippen MR) is 171 cm³/mol. The summed E-state index contributed by atoms with van der Waals surface area (Å²) in [5, 5.41) is 2.60. The Bertz CT molecular complexity index is 1590. The summed E-state index contributed by atoms with van der Waals surface area (Å²) in [7, 11) is 4.58. The number of carbonyl (C=O) groups excluding carboxylic acids is 3. The van der Waals surface area contributed by atoms with Gasteiger partial charge in [0.25, 0.3) is 5.91 Å². The minimum absolute atomic E-state index is 0.0266. The van der Waals surface area contributed by atoms with Crippen LogP contribution in [0.25, 0.3) is 11.1 Å². The molecule has 0 bridgehead atoms. The van der Waals surface area contributed by atoms with Gasteiger partial charge in [0.2, 0.25) is 11.8 Å². The van der Waals surface area contributed by atoms with Crippen LogP contribution >= 0.6 is 0 Å². The summed E-state index contributed by atoms with van der Waals surface area (Å²) < 4.78 is 14.6. The van der Waals surface area contributed by atoms with Crippen molar-refractivity contribution in [3.05, 3.63) is 131 Å². The van der Waals surface area contributed by atoms with E-state index in [-0.39, 0.29) is 24.8 Å². The van der Waals surface area contributed by atoms with E-state index >= 15 is 0 Å². The number of nitrogens with two attached hydrogens (primary N) is 1. The number of nitrogens with zero attached hydrogens (tertiary/aromatic N) is 2. The zero-order chi connectivity index (χ0) is 31.8. The first-order valence-corrected chi connectivity index (χ1v) is 14.6. The highest BCUT2D eigenvalue weighted by atomic mass is 19.1. The normalized spacial score (nSPS) is 13.0. The highest BCUT2D eigenvalue weighted by Gasteiger charge is 2.35. The van der Waals surface area contributed by atoms with Crippen LogP contribution in [0.15, 0.2) is 103 Å². The van der Waals surface area contributed by atoms with Crippen molar-refractivity contribution >= 4 is 17.7 Å². The Hall–Kier alpha value is -4.82. The molecule has 4 aromatic rings. The van der Waals surface area contributed by atoms with Gasteiger partial charge in [-0.1, -0.05) is 84.9 Å². The van der Waals surface area contributed by atoms with Gasteiger partial charge in [0.1, 0.15) is 17.9 Å². The van der Waals surface area contributed by atoms with E-state index in [1.807, 2.05) is 67.6 Å². The van der Waals surface area contributed by atoms with E-state index in [0.717, 1.165) is 22.3 Å². The third-order valence-corrected chi connectivity index (χ3v) is 7.96. The van der Waals surface area contributed by atoms with Crippen LogP contribution in [-0.4, -0.2) is 60.7 Å². The molecule has 0 aliphatic rings. The van der Waals surface area contributed by atoms with Crippen molar-refractivity contribution in [1.29, 1.82) is 0 Å². The molecule has 0 saturated heterocycles. The Morgan fingerprint density at radius 1 is 0.773 bits per heavy atom. The van der Waals surface area contributed by atoms with E-state index in [1.165, 1.54) is 30.0 Å². The lowest BCUT2D eigenvalue weighted by Gasteiger charge is -2.34. The summed E-state index contributed by atoms with van der Waals surface area (Å²) in [4.78, 5) is 43.8. The predicted octanol–water partition coefficient (Wildman–Crippen LogP) is 5.01. The van der Waals surface area contributed by atoms with E-state index in [2.05, 4.69) is 5.32 Å². The molecule has 3 atom stereocenters. The number of hydrogen-bond acceptors (Lipinski definition) is 4. The van der Waals surface area contributed by atoms with E-state index in [0.29, 0.717) is 11.1 Å². The van der Waals surface area contributed by atoms with Gasteiger partial charge >= 0.3 is 0 Å². The Morgan fingerprint density at radius 2 is 1.41 bits per heavy atom. The fourth-order valence-corrected chi connectivity index (χ4v) is 5.21. The third kappa shape index (κ3) is 7.57. The Morgan fingerprint density at radius 3 is 2.05 bits per heavy atom. The van der Waals surface area contributed by atoms with Crippen LogP contribution in [-0.2, 0) is 22.4 Å². The number of benzene rings is 4. The second kappa shape index (κ2) is 14.6. The molecule has 8 heteroatoms. The summed E-state index contributed by atoms with van der Waals surface area (Å²) in [5.74, 6) is -1.70. The summed E-state index contributed by atoms with van der Waals surface area (Å²) >= 11 is 0. The average molecular weight is 595 g/mol. The molecule has 0 aromatic heterocycles. The first-order chi connectivity index (χ1) is 21.1. The van der Waals surface area contributed by atoms with Gasteiger partial charge in [-0.25, -0.2) is 4.39 Å². The SMILES string of the molecule is CNC(=O)[C@@H](Cc1ccccc1F)N(C)C(=O)[C@@H](Cc1ccc(-c2ccccc2)cc1)N(C)C(=O)c1cccc(C(C)N)c1. The third-order valence-electron chi connectivity index (χ3n) is 7.96. The molecule has 0 radical (unpaired) electrons. The zero-order valence-electron chi connectivity index (χ0n) is 25.5. The molecular weight excluding hydrogens is 555 g/mol. The molecule has 0 spiro atoms. The van der Waals surface area contributed by atoms with Crippen molar-refractivity contribution in [2.24, 2.45) is 5.73 Å². The van der Waals surface area contributed by atoms with E-state index in [9.17, 15) is 18.8 Å². The molecule has 4 aromatic carbocycles. The van der Waals surface area contributed by atoms with Crippen molar-refractivity contribution in [2.75, 3.05) is 21.1 Å². The highest BCUT2D eigenvalue weighted by molar-refractivity contribution is 5.98. The van der Waals surface area contributed by atoms with E-state index in [1.54, 1.807) is 43.4 Å². The molecule has 44 heavy (non-hydrogen) atoms. The van der Waals surface area contributed by atoms with Crippen molar-refractivity contribution in [2.45, 2.75) is 37.9 Å². The number of hydrogen-bond donors (Lipinski definition) is 2. The second-order valence-electron chi connectivity index (χ2n) is 11.0. The van der Waals surface area contributed by atoms with Gasteiger partial charge in [-0.3, -0.25) is 14.4 Å². The lowest BCUT2D eigenvalue weighted by atomic mass is 9.97. The van der Waals surface area contributed by atoms with Gasteiger partial charge in [0.05, 0.1) is 0 Å². The van der Waals surface area contributed by atoms with E-state index < -0.39 is 29.7 Å². The molecule has 3 N–H and O–H groups in total. The van der Waals surface area contributed by atoms with Crippen LogP contribution < -0.4 is 11.1 Å². The van der Waals surface area contributed by atoms with Crippen molar-refractivity contribution < 1.29 is 18.8 Å². The van der Waals surface area contributed by atoms with Gasteiger partial charge in [0.15, 0.2) is 0 Å². The molecule has 1 unspecified atom stereocenters. The standard InChI is InChI=1S/C36H39FN4O3/c1-24(38)28-14-10-15-30(22-28)35(43)41(4)33(21-25-17-19-27(20-18-25)26-11-6-5-7-12-26)36(44)40(3)32(34(42)39-2)23-29-13-8-9-16-31(29)37/h5-20,22,24,32-33H,21,23,38H2,1-4H3,(H,39,42)/t24?,32-,33-/m1/s1. The maximum Gasteiger partial charge on any atom is 0.254 e. The molecule has 0 aliphatic heterocycles. The monoisotopic (exact) mass is 594 g/mol. The number of carbonyl (C=O) groups is 3. The maximum absolute atomic E-state index is 14.6. The largest absolute Gasteiger partial charge is 0.357 e. The number of halogens is 1. The highest BCUT2D eigenvalue weighted by Crippen LogP contribution is 2.23. The van der Waals surface area contributed by atoms with Gasteiger partial charge in [-0.05, 0) is 52.9 Å². The first-order valence-electron chi connectivity index (χ1n) is 14.6. The van der Waals surface area contributed by atoms with Crippen LogP contribution in [0.4, 0.5) is 4.39 Å². The molecule has 228 valence electrons. The summed E-state index contributed by atoms with van der Waals surface area (Å²) in [6, 6.07) is 28.8. The van der Waals surface area contributed by atoms with Crippen molar-refractivity contribution in [3.63, 3.8) is 0 Å². The van der Waals surface area contributed by atoms with Gasteiger partial charge in [-0.2, -0.15) is 0 Å². The zero-order valence-corrected chi connectivity index (χ0v) is 25.5. The number of nitrogens with one attached hydrogen (secondary N) is 1. The van der Waals surface area contributed by atoms with Gasteiger partial charge < -0.3 is 20.9 Å². The summed E-state index contributed by atoms with van der Waals surface area (Å²) in [6.07, 6.45) is 0.175. The molecule has 0 fully saturated rings. The minimum Gasteiger partial charge on any atom is -0.357 e. The smallest absolute Gasteiger partial charge is 0.254 e. The Balaban J connectivity index is 1.68. The molecule has 0 heterocycles. The molecule has 7 nitrogen and oxygen atoms in total. The Labute approximate surface area is 258 Å². The number of rotatable bonds is 11. The fourth-order valence-electron chi connectivity index (χ4n) is 5.21. The minimum atomic E-state index is -1.00. The topological polar surface area (TPSA) is 95.7 Å². The summed E-state index contributed by atoms with van der Waals surface area (Å²) in [5.41, 5.74) is 10.5. The van der Waals surface area contributed by atoms with Crippen molar-refractivity contribution in [3.8, 4) is 11.1 Å². The molecule has 0 saturated carbocycles. The van der Waals surface area contributed by atoms with Crippen molar-refractivity contribution in [1.82, 2.24) is 15.1 Å². The molecular formula is C36H39FN4O3. The first kappa shape index (κ1) is 32.1. The van der Waals surface area contributed by atoms with Crippen LogP contribution in [0.5, 0.6) is 0 Å². The van der Waals surface area contributed by atoms with E-state index in [4.69, 9.17) is 5.73 Å². The fraction of sp³-hybridized carbons (Fsp3) is 0.250. The molecule has 0 aliphatic carbocycles. The lowest BCUT2D eigenvalue weighted by Crippen LogP contribution is -2.55. The Kier molecular flexibility index (Phi) is 10.6. The maximum atomic E-state index is 14.6.